The van der Waals surface area contributed by atoms with Gasteiger partial charge in [-0.25, -0.2) is 21.1 Å². The van der Waals surface area contributed by atoms with E-state index in [-0.39, 0.29) is 16.3 Å². The molecule has 2 aliphatic rings. The second-order valence-electron chi connectivity index (χ2n) is 7.19. The number of rotatable bonds is 3. The summed E-state index contributed by atoms with van der Waals surface area (Å²) in [5, 5.41) is 0. The van der Waals surface area contributed by atoms with Crippen molar-refractivity contribution < 1.29 is 21.6 Å². The van der Waals surface area contributed by atoms with E-state index in [2.05, 4.69) is 0 Å². The Morgan fingerprint density at radius 2 is 1.82 bits per heavy atom. The van der Waals surface area contributed by atoms with Crippen LogP contribution < -0.4 is 8.61 Å². The Balaban J connectivity index is 1.74. The zero-order valence-corrected chi connectivity index (χ0v) is 17.1. The fourth-order valence-corrected chi connectivity index (χ4v) is 7.34. The minimum Gasteiger partial charge on any atom is -0.273 e. The molecule has 1 amide bonds. The topological polar surface area (TPSA) is 91.8 Å². The van der Waals surface area contributed by atoms with E-state index in [1.807, 2.05) is 12.1 Å². The van der Waals surface area contributed by atoms with E-state index in [9.17, 15) is 21.6 Å². The number of anilines is 2. The maximum Gasteiger partial charge on any atom is 0.264 e. The van der Waals surface area contributed by atoms with Crippen LogP contribution in [-0.2, 0) is 31.3 Å². The monoisotopic (exact) mass is 420 g/mol. The van der Waals surface area contributed by atoms with Gasteiger partial charge in [0.25, 0.3) is 10.0 Å². The van der Waals surface area contributed by atoms with Gasteiger partial charge in [0.05, 0.1) is 27.9 Å². The molecule has 148 valence electrons. The minimum absolute atomic E-state index is 0.102. The highest BCUT2D eigenvalue weighted by Gasteiger charge is 2.42. The lowest BCUT2D eigenvalue weighted by atomic mass is 10.2. The molecule has 7 nitrogen and oxygen atoms in total. The number of hydrogen-bond donors (Lipinski definition) is 0. The van der Waals surface area contributed by atoms with Gasteiger partial charge in [-0.3, -0.25) is 9.10 Å². The summed E-state index contributed by atoms with van der Waals surface area (Å²) >= 11 is 0. The average molecular weight is 421 g/mol. The van der Waals surface area contributed by atoms with Crippen molar-refractivity contribution in [1.82, 2.24) is 0 Å². The standard InChI is InChI=1S/C19H20N2O5S2/c1-13-11-16(21-19(22)14(2)12-27(21,23)24)7-8-18(13)28(25,26)20-10-9-15-5-3-4-6-17(15)20/h3-8,11,14H,9-10,12H2,1-2H3. The number of carbonyl (C=O) groups excluding carboxylic acids is 1. The zero-order chi connectivity index (χ0) is 20.3. The van der Waals surface area contributed by atoms with Gasteiger partial charge in [-0.1, -0.05) is 25.1 Å². The van der Waals surface area contributed by atoms with Crippen LogP contribution >= 0.6 is 0 Å². The normalized spacial score (nSPS) is 21.2. The average Bonchev–Trinajstić information content (AvgIpc) is 3.13. The van der Waals surface area contributed by atoms with Crippen LogP contribution in [0.2, 0.25) is 0 Å². The molecule has 0 aromatic heterocycles. The third kappa shape index (κ3) is 2.80. The summed E-state index contributed by atoms with van der Waals surface area (Å²) in [6.45, 7) is 3.53. The number of aryl methyl sites for hydroxylation is 1. The summed E-state index contributed by atoms with van der Waals surface area (Å²) in [6, 6.07) is 11.6. The fraction of sp³-hybridized carbons (Fsp3) is 0.316. The summed E-state index contributed by atoms with van der Waals surface area (Å²) in [4.78, 5) is 12.4. The molecule has 1 saturated heterocycles. The van der Waals surface area contributed by atoms with Crippen molar-refractivity contribution in [3.8, 4) is 0 Å². The molecule has 1 unspecified atom stereocenters. The van der Waals surface area contributed by atoms with Crippen LogP contribution in [0.3, 0.4) is 0 Å². The third-order valence-corrected chi connectivity index (χ3v) is 9.01. The maximum absolute atomic E-state index is 13.2. The van der Waals surface area contributed by atoms with Crippen LogP contribution in [0.15, 0.2) is 47.4 Å². The van der Waals surface area contributed by atoms with Crippen LogP contribution in [0.4, 0.5) is 11.4 Å². The molecule has 0 spiro atoms. The summed E-state index contributed by atoms with van der Waals surface area (Å²) in [6.07, 6.45) is 0.644. The van der Waals surface area contributed by atoms with Gasteiger partial charge in [-0.15, -0.1) is 0 Å². The Morgan fingerprint density at radius 3 is 2.46 bits per heavy atom. The van der Waals surface area contributed by atoms with Crippen LogP contribution in [-0.4, -0.2) is 35.0 Å². The lowest BCUT2D eigenvalue weighted by Gasteiger charge is -2.22. The quantitative estimate of drug-likeness (QED) is 0.758. The SMILES string of the molecule is Cc1cc(N2C(=O)C(C)CS2(=O)=O)ccc1S(=O)(=O)N1CCc2ccccc21. The molecule has 4 rings (SSSR count). The molecule has 0 aliphatic carbocycles. The second-order valence-corrected chi connectivity index (χ2v) is 10.9. The summed E-state index contributed by atoms with van der Waals surface area (Å²) in [5.74, 6) is -1.35. The number of amides is 1. The van der Waals surface area contributed by atoms with E-state index in [1.54, 1.807) is 26.0 Å². The summed E-state index contributed by atoms with van der Waals surface area (Å²) < 4.78 is 53.2. The Morgan fingerprint density at radius 1 is 1.11 bits per heavy atom. The van der Waals surface area contributed by atoms with E-state index in [4.69, 9.17) is 0 Å². The van der Waals surface area contributed by atoms with Crippen molar-refractivity contribution in [3.05, 3.63) is 53.6 Å². The van der Waals surface area contributed by atoms with Crippen molar-refractivity contribution >= 4 is 37.3 Å². The van der Waals surface area contributed by atoms with Crippen molar-refractivity contribution in [1.29, 1.82) is 0 Å². The van der Waals surface area contributed by atoms with Crippen molar-refractivity contribution in [2.75, 3.05) is 20.9 Å². The highest BCUT2D eigenvalue weighted by atomic mass is 32.2. The second kappa shape index (κ2) is 6.31. The van der Waals surface area contributed by atoms with Crippen LogP contribution in [0, 0.1) is 12.8 Å². The molecule has 2 heterocycles. The largest absolute Gasteiger partial charge is 0.273 e. The molecule has 0 N–H and O–H groups in total. The first-order chi connectivity index (χ1) is 13.1. The molecule has 2 aliphatic heterocycles. The molecule has 1 atom stereocenters. The van der Waals surface area contributed by atoms with Crippen molar-refractivity contribution in [2.45, 2.75) is 25.2 Å². The third-order valence-electron chi connectivity index (χ3n) is 5.17. The molecule has 1 fully saturated rings. The number of sulfonamides is 2. The molecule has 0 saturated carbocycles. The van der Waals surface area contributed by atoms with Crippen molar-refractivity contribution in [2.24, 2.45) is 5.92 Å². The van der Waals surface area contributed by atoms with E-state index in [0.29, 0.717) is 24.2 Å². The fourth-order valence-electron chi connectivity index (χ4n) is 3.81. The van der Waals surface area contributed by atoms with E-state index >= 15 is 0 Å². The first-order valence-electron chi connectivity index (χ1n) is 8.91. The molecule has 9 heteroatoms. The zero-order valence-electron chi connectivity index (χ0n) is 15.5. The molecular formula is C19H20N2O5S2. The molecule has 28 heavy (non-hydrogen) atoms. The Hall–Kier alpha value is -2.39. The molecule has 2 aromatic rings. The molecule has 2 aromatic carbocycles. The lowest BCUT2D eigenvalue weighted by molar-refractivity contribution is -0.119. The van der Waals surface area contributed by atoms with Gasteiger partial charge in [-0.05, 0) is 48.7 Å². The predicted molar refractivity (Wildman–Crippen MR) is 106 cm³/mol. The molecule has 0 radical (unpaired) electrons. The van der Waals surface area contributed by atoms with Gasteiger partial charge in [0.2, 0.25) is 15.9 Å². The number of fused-ring (bicyclic) bond motifs is 1. The van der Waals surface area contributed by atoms with Crippen molar-refractivity contribution in [3.63, 3.8) is 0 Å². The summed E-state index contributed by atoms with van der Waals surface area (Å²) in [5.41, 5.74) is 2.21. The van der Waals surface area contributed by atoms with Gasteiger partial charge >= 0.3 is 0 Å². The van der Waals surface area contributed by atoms with Gasteiger partial charge in [0.15, 0.2) is 0 Å². The summed E-state index contributed by atoms with van der Waals surface area (Å²) in [7, 11) is -7.53. The van der Waals surface area contributed by atoms with E-state index in [0.717, 1.165) is 9.87 Å². The Bertz CT molecular complexity index is 1190. The number of hydrogen-bond acceptors (Lipinski definition) is 5. The number of para-hydroxylation sites is 1. The van der Waals surface area contributed by atoms with E-state index < -0.39 is 31.9 Å². The highest BCUT2D eigenvalue weighted by molar-refractivity contribution is 7.94. The van der Waals surface area contributed by atoms with Gasteiger partial charge < -0.3 is 0 Å². The molecular weight excluding hydrogens is 400 g/mol. The number of nitrogens with zero attached hydrogens (tertiary/aromatic N) is 2. The lowest BCUT2D eigenvalue weighted by Crippen LogP contribution is -2.31. The maximum atomic E-state index is 13.2. The first-order valence-corrected chi connectivity index (χ1v) is 12.0. The van der Waals surface area contributed by atoms with Gasteiger partial charge in [0.1, 0.15) is 0 Å². The number of carbonyl (C=O) groups is 1. The first kappa shape index (κ1) is 18.9. The van der Waals surface area contributed by atoms with Gasteiger partial charge in [0, 0.05) is 6.54 Å². The molecule has 0 bridgehead atoms. The predicted octanol–water partition coefficient (Wildman–Crippen LogP) is 2.06. The Labute approximate surface area is 164 Å². The minimum atomic E-state index is -3.80. The number of benzene rings is 2. The Kier molecular flexibility index (Phi) is 4.27. The van der Waals surface area contributed by atoms with Gasteiger partial charge in [-0.2, -0.15) is 0 Å². The highest BCUT2D eigenvalue weighted by Crippen LogP contribution is 2.35. The van der Waals surface area contributed by atoms with Crippen LogP contribution in [0.5, 0.6) is 0 Å². The van der Waals surface area contributed by atoms with E-state index in [1.165, 1.54) is 22.5 Å². The van der Waals surface area contributed by atoms with Crippen LogP contribution in [0.25, 0.3) is 0 Å². The van der Waals surface area contributed by atoms with Crippen LogP contribution in [0.1, 0.15) is 18.1 Å². The smallest absolute Gasteiger partial charge is 0.264 e.